The number of nitrogen functional groups attached to an aromatic ring is 2. The number of nitrogens with two attached hydrogens (primary N) is 2. The van der Waals surface area contributed by atoms with Crippen LogP contribution in [0.15, 0.2) is 24.3 Å². The lowest BCUT2D eigenvalue weighted by Gasteiger charge is -2.04. The number of hydrogen-bond donors (Lipinski definition) is 3. The molecule has 1 rings (SSSR count). The zero-order valence-electron chi connectivity index (χ0n) is 10.2. The molecule has 1 aromatic carbocycles. The lowest BCUT2D eigenvalue weighted by molar-refractivity contribution is -0.00703. The van der Waals surface area contributed by atoms with Crippen molar-refractivity contribution in [1.82, 2.24) is 0 Å². The summed E-state index contributed by atoms with van der Waals surface area (Å²) in [6.45, 7) is 2.68. The summed E-state index contributed by atoms with van der Waals surface area (Å²) in [5.41, 5.74) is 12.2. The average molecular weight is 278 g/mol. The second kappa shape index (κ2) is 7.88. The maximum atomic E-state index is 10.4. The Kier molecular flexibility index (Phi) is 7.29. The van der Waals surface area contributed by atoms with Gasteiger partial charge in [-0.15, -0.1) is 0 Å². The first-order chi connectivity index (χ1) is 8.26. The van der Waals surface area contributed by atoms with E-state index in [-0.39, 0.29) is 6.61 Å². The van der Waals surface area contributed by atoms with Gasteiger partial charge in [-0.3, -0.25) is 0 Å². The molecule has 0 aromatic heterocycles. The third kappa shape index (κ3) is 8.76. The van der Waals surface area contributed by atoms with E-state index < -0.39 is 16.7 Å². The van der Waals surface area contributed by atoms with E-state index in [1.807, 2.05) is 0 Å². The van der Waals surface area contributed by atoms with Crippen LogP contribution < -0.4 is 11.5 Å². The van der Waals surface area contributed by atoms with Crippen molar-refractivity contribution in [3.05, 3.63) is 24.3 Å². The number of benzene rings is 1. The van der Waals surface area contributed by atoms with E-state index in [1.165, 1.54) is 13.8 Å². The Morgan fingerprint density at radius 1 is 1.22 bits per heavy atom. The number of hydrogen-bond acceptors (Lipinski definition) is 7. The van der Waals surface area contributed by atoms with Gasteiger partial charge in [-0.1, -0.05) is 0 Å². The first kappa shape index (κ1) is 16.6. The maximum absolute atomic E-state index is 10.4. The Bertz CT molecular complexity index is 409. The molecular formula is C10H18N2O5S. The second-order valence-corrected chi connectivity index (χ2v) is 4.42. The van der Waals surface area contributed by atoms with Gasteiger partial charge in [0.05, 0.1) is 6.61 Å². The summed E-state index contributed by atoms with van der Waals surface area (Å²) in [7, 11) is -3.98. The van der Waals surface area contributed by atoms with Crippen molar-refractivity contribution >= 4 is 21.8 Å². The smallest absolute Gasteiger partial charge is 0.399 e. The largest absolute Gasteiger partial charge is 0.402 e. The van der Waals surface area contributed by atoms with Gasteiger partial charge >= 0.3 is 10.4 Å². The summed E-state index contributed by atoms with van der Waals surface area (Å²) in [4.78, 5) is 0. The van der Waals surface area contributed by atoms with E-state index in [1.54, 1.807) is 24.3 Å². The van der Waals surface area contributed by atoms with E-state index in [2.05, 4.69) is 8.37 Å². The van der Waals surface area contributed by atoms with Crippen LogP contribution in [0.1, 0.15) is 13.8 Å². The summed E-state index contributed by atoms with van der Waals surface area (Å²) in [6.07, 6.45) is -1.36. The fraction of sp³-hybridized carbons (Fsp3) is 0.400. The normalized spacial score (nSPS) is 12.4. The first-order valence-electron chi connectivity index (χ1n) is 5.13. The van der Waals surface area contributed by atoms with Gasteiger partial charge in [-0.2, -0.15) is 8.42 Å². The highest BCUT2D eigenvalue weighted by molar-refractivity contribution is 7.81. The molecule has 8 heteroatoms. The Morgan fingerprint density at radius 3 is 1.89 bits per heavy atom. The van der Waals surface area contributed by atoms with E-state index in [0.717, 1.165) is 11.4 Å². The van der Waals surface area contributed by atoms with Crippen LogP contribution in [0, 0.1) is 0 Å². The van der Waals surface area contributed by atoms with Crippen molar-refractivity contribution in [1.29, 1.82) is 0 Å². The van der Waals surface area contributed by atoms with Crippen LogP contribution in [0.2, 0.25) is 0 Å². The standard InChI is InChI=1S/C6H8N2.C4H10O5S/c7-5-1-2-6(8)4-3-5;1-3-8-10(6,7)9-4(2)5/h1-4H,7-8H2;4-5H,3H2,1-2H3. The number of aliphatic hydroxyl groups is 1. The molecular weight excluding hydrogens is 260 g/mol. The SMILES string of the molecule is CCOS(=O)(=O)OC(C)O.Nc1ccc(N)cc1. The van der Waals surface area contributed by atoms with Crippen LogP contribution in [-0.4, -0.2) is 26.4 Å². The summed E-state index contributed by atoms with van der Waals surface area (Å²) in [5, 5.41) is 8.43. The van der Waals surface area contributed by atoms with Gasteiger partial charge in [-0.05, 0) is 38.1 Å². The topological polar surface area (TPSA) is 125 Å². The molecule has 0 saturated heterocycles. The molecule has 0 amide bonds. The zero-order chi connectivity index (χ0) is 14.2. The summed E-state index contributed by atoms with van der Waals surface area (Å²) in [5.74, 6) is 0. The van der Waals surface area contributed by atoms with Gasteiger partial charge in [-0.25, -0.2) is 8.37 Å². The molecule has 7 nitrogen and oxygen atoms in total. The summed E-state index contributed by atoms with van der Waals surface area (Å²) >= 11 is 0. The van der Waals surface area contributed by atoms with Crippen LogP contribution >= 0.6 is 0 Å². The molecule has 0 aliphatic heterocycles. The highest BCUT2D eigenvalue weighted by Gasteiger charge is 2.13. The van der Waals surface area contributed by atoms with Gasteiger partial charge in [0.25, 0.3) is 0 Å². The van der Waals surface area contributed by atoms with Crippen molar-refractivity contribution < 1.29 is 21.9 Å². The van der Waals surface area contributed by atoms with Crippen LogP contribution in [0.3, 0.4) is 0 Å². The third-order valence-corrected chi connectivity index (χ3v) is 2.49. The predicted molar refractivity (Wildman–Crippen MR) is 68.6 cm³/mol. The number of anilines is 2. The molecule has 0 aliphatic carbocycles. The van der Waals surface area contributed by atoms with Crippen LogP contribution in [-0.2, 0) is 18.8 Å². The maximum Gasteiger partial charge on any atom is 0.402 e. The van der Waals surface area contributed by atoms with Crippen molar-refractivity contribution in [2.75, 3.05) is 18.1 Å². The molecule has 0 bridgehead atoms. The molecule has 0 heterocycles. The van der Waals surface area contributed by atoms with Crippen molar-refractivity contribution in [3.8, 4) is 0 Å². The Labute approximate surface area is 107 Å². The van der Waals surface area contributed by atoms with Crippen molar-refractivity contribution in [2.45, 2.75) is 20.1 Å². The molecule has 1 aromatic rings. The van der Waals surface area contributed by atoms with Gasteiger partial charge in [0, 0.05) is 11.4 Å². The Hall–Kier alpha value is -1.35. The highest BCUT2D eigenvalue weighted by Crippen LogP contribution is 2.04. The Balaban J connectivity index is 0.000000327. The minimum Gasteiger partial charge on any atom is -0.399 e. The van der Waals surface area contributed by atoms with Crippen LogP contribution in [0.4, 0.5) is 11.4 Å². The van der Waals surface area contributed by atoms with Gasteiger partial charge in [0.1, 0.15) is 0 Å². The second-order valence-electron chi connectivity index (χ2n) is 3.18. The van der Waals surface area contributed by atoms with E-state index in [4.69, 9.17) is 16.6 Å². The van der Waals surface area contributed by atoms with Gasteiger partial charge in [0.2, 0.25) is 0 Å². The molecule has 0 spiro atoms. The lowest BCUT2D eigenvalue weighted by Crippen LogP contribution is -2.16. The first-order valence-corrected chi connectivity index (χ1v) is 6.47. The van der Waals surface area contributed by atoms with Crippen LogP contribution in [0.5, 0.6) is 0 Å². The van der Waals surface area contributed by atoms with Crippen molar-refractivity contribution in [2.24, 2.45) is 0 Å². The van der Waals surface area contributed by atoms with Gasteiger partial charge in [0.15, 0.2) is 6.29 Å². The number of aliphatic hydroxyl groups excluding tert-OH is 1. The fourth-order valence-electron chi connectivity index (χ4n) is 0.839. The minimum atomic E-state index is -3.98. The average Bonchev–Trinajstić information content (AvgIpc) is 2.21. The Morgan fingerprint density at radius 2 is 1.61 bits per heavy atom. The molecule has 104 valence electrons. The van der Waals surface area contributed by atoms with Gasteiger partial charge < -0.3 is 16.6 Å². The molecule has 0 radical (unpaired) electrons. The summed E-state index contributed by atoms with van der Waals surface area (Å²) < 4.78 is 29.0. The van der Waals surface area contributed by atoms with E-state index >= 15 is 0 Å². The summed E-state index contributed by atoms with van der Waals surface area (Å²) in [6, 6.07) is 7.09. The quantitative estimate of drug-likeness (QED) is 0.540. The zero-order valence-corrected chi connectivity index (χ0v) is 11.1. The molecule has 0 aliphatic rings. The molecule has 1 atom stereocenters. The minimum absolute atomic E-state index is 0.00491. The molecule has 0 fully saturated rings. The molecule has 18 heavy (non-hydrogen) atoms. The number of rotatable bonds is 4. The van der Waals surface area contributed by atoms with Crippen molar-refractivity contribution in [3.63, 3.8) is 0 Å². The fourth-order valence-corrected chi connectivity index (χ4v) is 1.52. The van der Waals surface area contributed by atoms with E-state index in [0.29, 0.717) is 0 Å². The van der Waals surface area contributed by atoms with E-state index in [9.17, 15) is 8.42 Å². The molecule has 0 saturated carbocycles. The van der Waals surface area contributed by atoms with Crippen LogP contribution in [0.25, 0.3) is 0 Å². The molecule has 5 N–H and O–H groups in total. The lowest BCUT2D eigenvalue weighted by atomic mass is 10.3. The molecule has 1 unspecified atom stereocenters. The third-order valence-electron chi connectivity index (χ3n) is 1.46. The highest BCUT2D eigenvalue weighted by atomic mass is 32.3. The predicted octanol–water partition coefficient (Wildman–Crippen LogP) is 0.474. The monoisotopic (exact) mass is 278 g/mol.